The van der Waals surface area contributed by atoms with Gasteiger partial charge in [0.2, 0.25) is 15.9 Å². The number of anilines is 1. The molecule has 1 amide bonds. The normalized spacial score (nSPS) is 18.7. The SMILES string of the molecule is C[C@H](C(=O)Nc1ccc2c(c1)CCC2)N1CCN(S(=O)(=O)c2ccccc2C(F)(F)F)CC1. The Morgan fingerprint density at radius 1 is 1.00 bits per heavy atom. The first kappa shape index (κ1) is 23.7. The molecule has 178 valence electrons. The van der Waals surface area contributed by atoms with E-state index in [9.17, 15) is 26.4 Å². The smallest absolute Gasteiger partial charge is 0.325 e. The lowest BCUT2D eigenvalue weighted by Crippen LogP contribution is -2.54. The standard InChI is InChI=1S/C23H26F3N3O3S/c1-16(22(30)27-19-10-9-17-5-4-6-18(17)15-19)28-11-13-29(14-12-28)33(31,32)21-8-3-2-7-20(21)23(24,25)26/h2-3,7-10,15-16H,4-6,11-14H2,1H3,(H,27,30)/t16-/m1/s1. The van der Waals surface area contributed by atoms with Crippen molar-refractivity contribution >= 4 is 21.6 Å². The van der Waals surface area contributed by atoms with E-state index >= 15 is 0 Å². The third-order valence-corrected chi connectivity index (χ3v) is 8.33. The van der Waals surface area contributed by atoms with Crippen molar-refractivity contribution in [3.8, 4) is 0 Å². The summed E-state index contributed by atoms with van der Waals surface area (Å²) in [6, 6.07) is 9.61. The Kier molecular flexibility index (Phi) is 6.52. The maximum Gasteiger partial charge on any atom is 0.417 e. The Hall–Kier alpha value is -2.43. The van der Waals surface area contributed by atoms with Gasteiger partial charge in [0.05, 0.1) is 16.5 Å². The topological polar surface area (TPSA) is 69.7 Å². The Bertz CT molecular complexity index is 1140. The second kappa shape index (κ2) is 9.08. The molecule has 1 atom stereocenters. The van der Waals surface area contributed by atoms with Gasteiger partial charge in [-0.05, 0) is 61.6 Å². The number of hydrogen-bond acceptors (Lipinski definition) is 4. The van der Waals surface area contributed by atoms with Crippen LogP contribution < -0.4 is 5.32 Å². The number of sulfonamides is 1. The van der Waals surface area contributed by atoms with Gasteiger partial charge in [0, 0.05) is 31.9 Å². The third kappa shape index (κ3) is 4.92. The lowest BCUT2D eigenvalue weighted by atomic mass is 10.1. The van der Waals surface area contributed by atoms with Gasteiger partial charge >= 0.3 is 6.18 Å². The second-order valence-electron chi connectivity index (χ2n) is 8.44. The Labute approximate surface area is 191 Å². The van der Waals surface area contributed by atoms with Gasteiger partial charge in [0.25, 0.3) is 0 Å². The molecule has 0 aromatic heterocycles. The molecule has 4 rings (SSSR count). The largest absolute Gasteiger partial charge is 0.417 e. The minimum Gasteiger partial charge on any atom is -0.325 e. The van der Waals surface area contributed by atoms with Crippen molar-refractivity contribution in [3.63, 3.8) is 0 Å². The maximum atomic E-state index is 13.3. The molecule has 0 spiro atoms. The van der Waals surface area contributed by atoms with E-state index in [2.05, 4.69) is 5.32 Å². The molecule has 2 aromatic carbocycles. The van der Waals surface area contributed by atoms with Crippen LogP contribution in [0.15, 0.2) is 47.4 Å². The number of fused-ring (bicyclic) bond motifs is 1. The molecule has 2 aromatic rings. The highest BCUT2D eigenvalue weighted by molar-refractivity contribution is 7.89. The van der Waals surface area contributed by atoms with Gasteiger partial charge in [-0.25, -0.2) is 8.42 Å². The summed E-state index contributed by atoms with van der Waals surface area (Å²) in [5, 5.41) is 2.92. The van der Waals surface area contributed by atoms with Crippen LogP contribution >= 0.6 is 0 Å². The summed E-state index contributed by atoms with van der Waals surface area (Å²) in [6.07, 6.45) is -1.59. The molecule has 0 saturated carbocycles. The van der Waals surface area contributed by atoms with E-state index in [1.165, 1.54) is 23.3 Å². The van der Waals surface area contributed by atoms with Crippen molar-refractivity contribution in [1.82, 2.24) is 9.21 Å². The maximum absolute atomic E-state index is 13.3. The summed E-state index contributed by atoms with van der Waals surface area (Å²) in [5.41, 5.74) is 2.12. The zero-order valence-electron chi connectivity index (χ0n) is 18.2. The highest BCUT2D eigenvalue weighted by atomic mass is 32.2. The van der Waals surface area contributed by atoms with Crippen LogP contribution in [0.5, 0.6) is 0 Å². The van der Waals surface area contributed by atoms with Gasteiger partial charge in [-0.15, -0.1) is 0 Å². The molecule has 1 heterocycles. The van der Waals surface area contributed by atoms with Gasteiger partial charge in [0.1, 0.15) is 0 Å². The number of hydrogen-bond donors (Lipinski definition) is 1. The zero-order valence-corrected chi connectivity index (χ0v) is 19.0. The van der Waals surface area contributed by atoms with Crippen molar-refractivity contribution < 1.29 is 26.4 Å². The lowest BCUT2D eigenvalue weighted by Gasteiger charge is -2.37. The van der Waals surface area contributed by atoms with E-state index in [1.807, 2.05) is 23.1 Å². The van der Waals surface area contributed by atoms with Gasteiger partial charge in [-0.3, -0.25) is 9.69 Å². The molecule has 0 bridgehead atoms. The van der Waals surface area contributed by atoms with Gasteiger partial charge < -0.3 is 5.32 Å². The molecule has 0 radical (unpaired) electrons. The average Bonchev–Trinajstić information content (AvgIpc) is 3.26. The summed E-state index contributed by atoms with van der Waals surface area (Å²) in [4.78, 5) is 13.9. The molecule has 1 saturated heterocycles. The fourth-order valence-corrected chi connectivity index (χ4v) is 6.09. The van der Waals surface area contributed by atoms with Crippen LogP contribution in [0.2, 0.25) is 0 Å². The van der Waals surface area contributed by atoms with E-state index < -0.39 is 32.7 Å². The number of alkyl halides is 3. The summed E-state index contributed by atoms with van der Waals surface area (Å²) in [6.45, 7) is 2.24. The summed E-state index contributed by atoms with van der Waals surface area (Å²) in [5.74, 6) is -0.202. The number of rotatable bonds is 5. The molecule has 0 unspecified atom stereocenters. The first-order chi connectivity index (χ1) is 15.6. The second-order valence-corrected chi connectivity index (χ2v) is 10.3. The molecule has 2 aliphatic rings. The molecular weight excluding hydrogens is 455 g/mol. The first-order valence-corrected chi connectivity index (χ1v) is 12.3. The number of benzene rings is 2. The third-order valence-electron chi connectivity index (χ3n) is 6.38. The van der Waals surface area contributed by atoms with Gasteiger partial charge in [-0.2, -0.15) is 17.5 Å². The van der Waals surface area contributed by atoms with Gasteiger partial charge in [0.15, 0.2) is 0 Å². The fourth-order valence-electron chi connectivity index (χ4n) is 4.46. The minimum atomic E-state index is -4.77. The van der Waals surface area contributed by atoms with Crippen LogP contribution in [-0.4, -0.2) is 55.8 Å². The Morgan fingerprint density at radius 3 is 2.36 bits per heavy atom. The number of carbonyl (C=O) groups is 1. The number of nitrogens with zero attached hydrogens (tertiary/aromatic N) is 2. The van der Waals surface area contributed by atoms with Crippen molar-refractivity contribution in [2.75, 3.05) is 31.5 Å². The van der Waals surface area contributed by atoms with Crippen molar-refractivity contribution in [3.05, 3.63) is 59.2 Å². The summed E-state index contributed by atoms with van der Waals surface area (Å²) >= 11 is 0. The minimum absolute atomic E-state index is 0.00495. The first-order valence-electron chi connectivity index (χ1n) is 10.9. The van der Waals surface area contributed by atoms with E-state index in [4.69, 9.17) is 0 Å². The number of aryl methyl sites for hydroxylation is 2. The van der Waals surface area contributed by atoms with E-state index in [-0.39, 0.29) is 32.1 Å². The van der Waals surface area contributed by atoms with Crippen molar-refractivity contribution in [2.45, 2.75) is 43.3 Å². The highest BCUT2D eigenvalue weighted by Crippen LogP contribution is 2.35. The highest BCUT2D eigenvalue weighted by Gasteiger charge is 2.40. The van der Waals surface area contributed by atoms with Crippen LogP contribution in [0.3, 0.4) is 0 Å². The van der Waals surface area contributed by atoms with Crippen molar-refractivity contribution in [1.29, 1.82) is 0 Å². The molecule has 6 nitrogen and oxygen atoms in total. The average molecular weight is 482 g/mol. The van der Waals surface area contributed by atoms with E-state index in [1.54, 1.807) is 6.92 Å². The van der Waals surface area contributed by atoms with Crippen LogP contribution in [-0.2, 0) is 33.8 Å². The number of piperazine rings is 1. The zero-order chi connectivity index (χ0) is 23.8. The molecule has 1 aliphatic carbocycles. The predicted octanol–water partition coefficient (Wildman–Crippen LogP) is 3.53. The number of amides is 1. The summed E-state index contributed by atoms with van der Waals surface area (Å²) < 4.78 is 66.9. The number of nitrogens with one attached hydrogen (secondary N) is 1. The van der Waals surface area contributed by atoms with Crippen LogP contribution in [0.1, 0.15) is 30.0 Å². The molecule has 10 heteroatoms. The molecule has 1 fully saturated rings. The van der Waals surface area contributed by atoms with Crippen LogP contribution in [0.25, 0.3) is 0 Å². The number of carbonyl (C=O) groups excluding carboxylic acids is 1. The summed E-state index contributed by atoms with van der Waals surface area (Å²) in [7, 11) is -4.31. The molecule has 1 N–H and O–H groups in total. The Morgan fingerprint density at radius 2 is 1.67 bits per heavy atom. The predicted molar refractivity (Wildman–Crippen MR) is 118 cm³/mol. The molecule has 33 heavy (non-hydrogen) atoms. The lowest BCUT2D eigenvalue weighted by molar-refractivity contribution is -0.140. The van der Waals surface area contributed by atoms with Gasteiger partial charge in [-0.1, -0.05) is 18.2 Å². The molecule has 1 aliphatic heterocycles. The molecular formula is C23H26F3N3O3S. The van der Waals surface area contributed by atoms with Crippen molar-refractivity contribution in [2.24, 2.45) is 0 Å². The van der Waals surface area contributed by atoms with Crippen LogP contribution in [0, 0.1) is 0 Å². The fraction of sp³-hybridized carbons (Fsp3) is 0.435. The van der Waals surface area contributed by atoms with E-state index in [0.29, 0.717) is 0 Å². The Balaban J connectivity index is 1.40. The quantitative estimate of drug-likeness (QED) is 0.710. The number of halogens is 3. The monoisotopic (exact) mass is 481 g/mol. The van der Waals surface area contributed by atoms with E-state index in [0.717, 1.165) is 41.4 Å². The van der Waals surface area contributed by atoms with Crippen LogP contribution in [0.4, 0.5) is 18.9 Å².